The molecule has 0 radical (unpaired) electrons. The molecule has 0 atom stereocenters. The second-order valence-electron chi connectivity index (χ2n) is 7.30. The van der Waals surface area contributed by atoms with Crippen LogP contribution in [0.2, 0.25) is 0 Å². The average Bonchev–Trinajstić information content (AvgIpc) is 2.88. The fourth-order valence-corrected chi connectivity index (χ4v) is 7.25. The minimum absolute atomic E-state index is 0.401. The van der Waals surface area contributed by atoms with Gasteiger partial charge in [-0.3, -0.25) is 4.74 Å². The first-order chi connectivity index (χ1) is 16.1. The van der Waals surface area contributed by atoms with E-state index in [1.165, 1.54) is 25.3 Å². The van der Waals surface area contributed by atoms with Crippen LogP contribution in [-0.2, 0) is 9.53 Å². The highest BCUT2D eigenvalue weighted by Gasteiger charge is 2.27. The van der Waals surface area contributed by atoms with Crippen LogP contribution in [0.1, 0.15) is 5.56 Å². The van der Waals surface area contributed by atoms with E-state index < -0.39 is 18.8 Å². The Labute approximate surface area is 193 Å². The summed E-state index contributed by atoms with van der Waals surface area (Å²) in [5.74, 6) is -0.915. The molecular weight excluding hydrogens is 432 g/mol. The fraction of sp³-hybridized carbons (Fsp3) is 0.0357. The molecule has 0 spiro atoms. The van der Waals surface area contributed by atoms with E-state index in [2.05, 4.69) is 36.4 Å². The Hall–Kier alpha value is -3.75. The molecule has 0 unspecified atom stereocenters. The third kappa shape index (κ3) is 4.87. The lowest BCUT2D eigenvalue weighted by molar-refractivity contribution is -0.134. The number of nitrogens with zero attached hydrogens (tertiary/aromatic N) is 1. The molecule has 0 aromatic heterocycles. The maximum absolute atomic E-state index is 14.2. The van der Waals surface area contributed by atoms with Crippen molar-refractivity contribution in [1.29, 1.82) is 0 Å². The van der Waals surface area contributed by atoms with Crippen molar-refractivity contribution in [1.82, 2.24) is 0 Å². The number of ether oxygens (including phenoxy) is 1. The van der Waals surface area contributed by atoms with Gasteiger partial charge in [-0.05, 0) is 24.3 Å². The van der Waals surface area contributed by atoms with Crippen LogP contribution in [0.4, 0.5) is 10.1 Å². The van der Waals surface area contributed by atoms with Gasteiger partial charge < -0.3 is 4.74 Å². The summed E-state index contributed by atoms with van der Waals surface area (Å²) in [4.78, 5) is 11.7. The number of rotatable bonds is 6. The Balaban J connectivity index is 2.09. The second kappa shape index (κ2) is 10.2. The number of halogens is 1. The van der Waals surface area contributed by atoms with Gasteiger partial charge in [-0.1, -0.05) is 91.0 Å². The van der Waals surface area contributed by atoms with Gasteiger partial charge in [0.25, 0.3) is 0 Å². The molecule has 5 heteroatoms. The highest BCUT2D eigenvalue weighted by molar-refractivity contribution is 7.87. The van der Waals surface area contributed by atoms with E-state index in [9.17, 15) is 9.18 Å². The number of hydrogen-bond acceptors (Lipinski definition) is 3. The lowest BCUT2D eigenvalue weighted by atomic mass is 10.1. The second-order valence-corrected chi connectivity index (χ2v) is 10.3. The molecule has 164 valence electrons. The molecule has 0 saturated heterocycles. The van der Waals surface area contributed by atoms with Crippen LogP contribution in [0.25, 0.3) is 6.08 Å². The van der Waals surface area contributed by atoms with Gasteiger partial charge in [0.05, 0.1) is 19.9 Å². The number of hydrogen-bond donors (Lipinski definition) is 0. The van der Waals surface area contributed by atoms with Crippen molar-refractivity contribution >= 4 is 40.7 Å². The third-order valence-corrected chi connectivity index (χ3v) is 8.89. The van der Waals surface area contributed by atoms with Crippen molar-refractivity contribution in [3.8, 4) is 0 Å². The summed E-state index contributed by atoms with van der Waals surface area (Å²) in [6, 6.07) is 35.0. The fourth-order valence-electron chi connectivity index (χ4n) is 3.69. The van der Waals surface area contributed by atoms with Gasteiger partial charge in [-0.25, -0.2) is 9.18 Å². The number of methoxy groups -OCH3 is 1. The highest BCUT2D eigenvalue weighted by Crippen LogP contribution is 2.49. The molecule has 0 saturated carbocycles. The standard InChI is InChI=1S/C28H23FNO2P/c1-32-28(31)20-17-22-21-23(29)18-19-27(22)30-33(24-11-5-2-6-12-24,25-13-7-3-8-14-25)26-15-9-4-10-16-26/h2-21H,1H3. The summed E-state index contributed by atoms with van der Waals surface area (Å²) in [5.41, 5.74) is 1.11. The van der Waals surface area contributed by atoms with Gasteiger partial charge >= 0.3 is 5.97 Å². The van der Waals surface area contributed by atoms with E-state index in [1.54, 1.807) is 12.1 Å². The van der Waals surface area contributed by atoms with Gasteiger partial charge in [0, 0.05) is 27.6 Å². The topological polar surface area (TPSA) is 38.7 Å². The molecule has 4 aromatic carbocycles. The van der Waals surface area contributed by atoms with Crippen LogP contribution >= 0.6 is 7.05 Å². The Morgan fingerprint density at radius 2 is 1.27 bits per heavy atom. The van der Waals surface area contributed by atoms with Crippen LogP contribution in [0.5, 0.6) is 0 Å². The monoisotopic (exact) mass is 455 g/mol. The summed E-state index contributed by atoms with van der Waals surface area (Å²) < 4.78 is 24.3. The van der Waals surface area contributed by atoms with Crippen LogP contribution in [0.15, 0.2) is 120 Å². The molecule has 0 heterocycles. The lowest BCUT2D eigenvalue weighted by Crippen LogP contribution is -2.25. The van der Waals surface area contributed by atoms with Gasteiger partial charge in [-0.15, -0.1) is 0 Å². The Bertz CT molecular complexity index is 1220. The molecule has 33 heavy (non-hydrogen) atoms. The van der Waals surface area contributed by atoms with Crippen molar-refractivity contribution in [2.45, 2.75) is 0 Å². The van der Waals surface area contributed by atoms with Gasteiger partial charge in [0.15, 0.2) is 0 Å². The van der Waals surface area contributed by atoms with E-state index in [1.807, 2.05) is 54.6 Å². The predicted octanol–water partition coefficient (Wildman–Crippen LogP) is 5.82. The van der Waals surface area contributed by atoms with E-state index in [0.29, 0.717) is 11.3 Å². The van der Waals surface area contributed by atoms with E-state index in [0.717, 1.165) is 15.9 Å². The number of benzene rings is 4. The normalized spacial score (nSPS) is 11.3. The molecule has 0 N–H and O–H groups in total. The predicted molar refractivity (Wildman–Crippen MR) is 135 cm³/mol. The lowest BCUT2D eigenvalue weighted by Gasteiger charge is -2.27. The molecule has 0 fully saturated rings. The van der Waals surface area contributed by atoms with Crippen LogP contribution in [0, 0.1) is 5.82 Å². The number of carbonyl (C=O) groups is 1. The number of esters is 1. The maximum atomic E-state index is 14.2. The number of carbonyl (C=O) groups excluding carboxylic acids is 1. The molecule has 0 aliphatic heterocycles. The van der Waals surface area contributed by atoms with Crippen molar-refractivity contribution in [3.63, 3.8) is 0 Å². The van der Waals surface area contributed by atoms with Crippen LogP contribution in [-0.4, -0.2) is 13.1 Å². The summed E-state index contributed by atoms with van der Waals surface area (Å²) in [7, 11) is -1.21. The summed E-state index contributed by atoms with van der Waals surface area (Å²) in [6.07, 6.45) is 2.82. The molecule has 4 rings (SSSR count). The van der Waals surface area contributed by atoms with Crippen molar-refractivity contribution in [3.05, 3.63) is 127 Å². The third-order valence-electron chi connectivity index (χ3n) is 5.24. The zero-order valence-electron chi connectivity index (χ0n) is 18.1. The quantitative estimate of drug-likeness (QED) is 0.209. The van der Waals surface area contributed by atoms with Crippen molar-refractivity contribution < 1.29 is 13.9 Å². The van der Waals surface area contributed by atoms with E-state index in [4.69, 9.17) is 9.48 Å². The Morgan fingerprint density at radius 1 is 0.788 bits per heavy atom. The van der Waals surface area contributed by atoms with Gasteiger partial charge in [0.1, 0.15) is 5.82 Å². The van der Waals surface area contributed by atoms with E-state index in [-0.39, 0.29) is 0 Å². The smallest absolute Gasteiger partial charge is 0.330 e. The summed E-state index contributed by atoms with van der Waals surface area (Å²) in [5, 5.41) is 3.24. The van der Waals surface area contributed by atoms with Gasteiger partial charge in [-0.2, -0.15) is 0 Å². The minimum Gasteiger partial charge on any atom is -0.466 e. The zero-order valence-corrected chi connectivity index (χ0v) is 19.0. The molecule has 0 aliphatic rings. The first-order valence-corrected chi connectivity index (χ1v) is 12.2. The SMILES string of the molecule is COC(=O)C=Cc1cc(F)ccc1N=P(c1ccccc1)(c1ccccc1)c1ccccc1. The van der Waals surface area contributed by atoms with Crippen molar-refractivity contribution in [2.24, 2.45) is 4.74 Å². The summed E-state index contributed by atoms with van der Waals surface area (Å²) in [6.45, 7) is 0. The molecule has 0 bridgehead atoms. The molecule has 3 nitrogen and oxygen atoms in total. The van der Waals surface area contributed by atoms with Crippen molar-refractivity contribution in [2.75, 3.05) is 7.11 Å². The minimum atomic E-state index is -2.52. The largest absolute Gasteiger partial charge is 0.466 e. The molecular formula is C28H23FNO2P. The Kier molecular flexibility index (Phi) is 6.97. The molecule has 4 aromatic rings. The first-order valence-electron chi connectivity index (χ1n) is 10.5. The zero-order chi connectivity index (χ0) is 23.1. The van der Waals surface area contributed by atoms with Gasteiger partial charge in [0.2, 0.25) is 0 Å². The van der Waals surface area contributed by atoms with E-state index >= 15 is 0 Å². The van der Waals surface area contributed by atoms with Crippen LogP contribution in [0.3, 0.4) is 0 Å². The molecule has 0 aliphatic carbocycles. The average molecular weight is 455 g/mol. The van der Waals surface area contributed by atoms with Crippen LogP contribution < -0.4 is 15.9 Å². The first kappa shape index (κ1) is 22.4. The maximum Gasteiger partial charge on any atom is 0.330 e. The molecule has 0 amide bonds. The summed E-state index contributed by atoms with van der Waals surface area (Å²) >= 11 is 0. The highest BCUT2D eigenvalue weighted by atomic mass is 31.2. The Morgan fingerprint density at radius 3 is 1.73 bits per heavy atom.